The van der Waals surface area contributed by atoms with Gasteiger partial charge in [-0.1, -0.05) is 37.0 Å². The van der Waals surface area contributed by atoms with Gasteiger partial charge in [-0.3, -0.25) is 9.59 Å². The highest BCUT2D eigenvalue weighted by Gasteiger charge is 2.48. The van der Waals surface area contributed by atoms with Gasteiger partial charge in [0.2, 0.25) is 0 Å². The Morgan fingerprint density at radius 1 is 1.32 bits per heavy atom. The summed E-state index contributed by atoms with van der Waals surface area (Å²) in [5, 5.41) is 9.39. The van der Waals surface area contributed by atoms with Crippen LogP contribution in [-0.2, 0) is 4.79 Å². The molecule has 1 aromatic rings. The Morgan fingerprint density at radius 3 is 2.45 bits per heavy atom. The second-order valence-electron chi connectivity index (χ2n) is 5.84. The third kappa shape index (κ3) is 2.79. The van der Waals surface area contributed by atoms with E-state index in [4.69, 9.17) is 23.2 Å². The van der Waals surface area contributed by atoms with E-state index >= 15 is 0 Å². The lowest BCUT2D eigenvalue weighted by molar-refractivity contribution is -0.150. The Kier molecular flexibility index (Phi) is 4.68. The van der Waals surface area contributed by atoms with Gasteiger partial charge in [0, 0.05) is 13.1 Å². The Morgan fingerprint density at radius 2 is 1.95 bits per heavy atom. The van der Waals surface area contributed by atoms with Crippen LogP contribution >= 0.6 is 23.2 Å². The van der Waals surface area contributed by atoms with Crippen molar-refractivity contribution in [3.8, 4) is 0 Å². The average Bonchev–Trinajstić information content (AvgIpc) is 2.88. The Hall–Kier alpha value is -1.33. The van der Waals surface area contributed by atoms with Gasteiger partial charge in [0.25, 0.3) is 5.91 Å². The molecular weight excluding hydrogens is 332 g/mol. The van der Waals surface area contributed by atoms with Gasteiger partial charge in [-0.2, -0.15) is 0 Å². The standard InChI is InChI=1S/C15H16Cl2FNO3/c1-8(2)15(14(21)22)3-4-19(7-15)13(20)9-5-12(18)11(17)6-10(9)16/h5-6,8H,3-4,7H2,1-2H3,(H,21,22). The number of aliphatic carboxylic acids is 1. The molecule has 1 aromatic carbocycles. The molecule has 1 atom stereocenters. The summed E-state index contributed by atoms with van der Waals surface area (Å²) in [6.07, 6.45) is 0.361. The van der Waals surface area contributed by atoms with Crippen molar-refractivity contribution < 1.29 is 19.1 Å². The van der Waals surface area contributed by atoms with Crippen LogP contribution in [0.25, 0.3) is 0 Å². The minimum atomic E-state index is -0.979. The van der Waals surface area contributed by atoms with E-state index in [0.29, 0.717) is 13.0 Å². The van der Waals surface area contributed by atoms with Crippen LogP contribution in [-0.4, -0.2) is 35.0 Å². The summed E-state index contributed by atoms with van der Waals surface area (Å²) in [5.74, 6) is -2.27. The largest absolute Gasteiger partial charge is 0.481 e. The van der Waals surface area contributed by atoms with Gasteiger partial charge in [0.15, 0.2) is 0 Å². The molecule has 0 spiro atoms. The second kappa shape index (κ2) is 6.05. The first kappa shape index (κ1) is 17.0. The SMILES string of the molecule is CC(C)C1(C(=O)O)CCN(C(=O)c2cc(F)c(Cl)cc2Cl)C1. The number of carbonyl (C=O) groups is 2. The van der Waals surface area contributed by atoms with E-state index < -0.39 is 23.1 Å². The minimum Gasteiger partial charge on any atom is -0.481 e. The van der Waals surface area contributed by atoms with E-state index in [1.165, 1.54) is 11.0 Å². The number of nitrogens with zero attached hydrogens (tertiary/aromatic N) is 1. The van der Waals surface area contributed by atoms with Gasteiger partial charge < -0.3 is 10.0 Å². The molecule has 0 bridgehead atoms. The highest BCUT2D eigenvalue weighted by Crippen LogP contribution is 2.39. The summed E-state index contributed by atoms with van der Waals surface area (Å²) in [6.45, 7) is 4.01. The van der Waals surface area contributed by atoms with Crippen LogP contribution in [0, 0.1) is 17.2 Å². The second-order valence-corrected chi connectivity index (χ2v) is 6.65. The van der Waals surface area contributed by atoms with Crippen molar-refractivity contribution in [2.45, 2.75) is 20.3 Å². The maximum atomic E-state index is 13.6. The highest BCUT2D eigenvalue weighted by molar-refractivity contribution is 6.36. The number of amides is 1. The van der Waals surface area contributed by atoms with Crippen LogP contribution in [0.4, 0.5) is 4.39 Å². The Balaban J connectivity index is 2.29. The molecule has 2 rings (SSSR count). The van der Waals surface area contributed by atoms with Crippen LogP contribution in [0.1, 0.15) is 30.6 Å². The zero-order valence-corrected chi connectivity index (χ0v) is 13.7. The number of benzene rings is 1. The first-order valence-corrected chi connectivity index (χ1v) is 7.62. The number of likely N-dealkylation sites (tertiary alicyclic amines) is 1. The third-order valence-electron chi connectivity index (χ3n) is 4.36. The van der Waals surface area contributed by atoms with Crippen LogP contribution in [0.2, 0.25) is 10.0 Å². The zero-order chi connectivity index (χ0) is 16.7. The lowest BCUT2D eigenvalue weighted by Gasteiger charge is -2.28. The Labute approximate surface area is 137 Å². The van der Waals surface area contributed by atoms with Crippen molar-refractivity contribution in [2.24, 2.45) is 11.3 Å². The van der Waals surface area contributed by atoms with Crippen LogP contribution in [0.15, 0.2) is 12.1 Å². The molecule has 1 aliphatic rings. The fraction of sp³-hybridized carbons (Fsp3) is 0.467. The molecule has 0 aliphatic carbocycles. The summed E-state index contributed by atoms with van der Waals surface area (Å²) < 4.78 is 13.6. The maximum Gasteiger partial charge on any atom is 0.311 e. The zero-order valence-electron chi connectivity index (χ0n) is 12.2. The van der Waals surface area contributed by atoms with Crippen molar-refractivity contribution in [2.75, 3.05) is 13.1 Å². The fourth-order valence-electron chi connectivity index (χ4n) is 2.76. The van der Waals surface area contributed by atoms with Gasteiger partial charge in [-0.15, -0.1) is 0 Å². The number of halogens is 3. The number of carbonyl (C=O) groups excluding carboxylic acids is 1. The smallest absolute Gasteiger partial charge is 0.311 e. The molecule has 1 fully saturated rings. The monoisotopic (exact) mass is 347 g/mol. The third-order valence-corrected chi connectivity index (χ3v) is 4.96. The van der Waals surface area contributed by atoms with E-state index in [1.807, 2.05) is 13.8 Å². The quantitative estimate of drug-likeness (QED) is 0.848. The maximum absolute atomic E-state index is 13.6. The lowest BCUT2D eigenvalue weighted by Crippen LogP contribution is -2.40. The number of hydrogen-bond donors (Lipinski definition) is 1. The molecule has 7 heteroatoms. The molecule has 22 heavy (non-hydrogen) atoms. The van der Waals surface area contributed by atoms with E-state index in [9.17, 15) is 19.1 Å². The predicted molar refractivity (Wildman–Crippen MR) is 81.8 cm³/mol. The number of hydrogen-bond acceptors (Lipinski definition) is 2. The summed E-state index contributed by atoms with van der Waals surface area (Å²) in [7, 11) is 0. The first-order chi connectivity index (χ1) is 10.2. The highest BCUT2D eigenvalue weighted by atomic mass is 35.5. The molecule has 1 amide bonds. The van der Waals surface area contributed by atoms with Crippen LogP contribution in [0.5, 0.6) is 0 Å². The van der Waals surface area contributed by atoms with Gasteiger partial charge >= 0.3 is 5.97 Å². The molecule has 120 valence electrons. The molecule has 1 saturated heterocycles. The normalized spacial score (nSPS) is 21.5. The first-order valence-electron chi connectivity index (χ1n) is 6.86. The summed E-state index contributed by atoms with van der Waals surface area (Å²) in [5.41, 5.74) is -0.985. The van der Waals surface area contributed by atoms with E-state index in [1.54, 1.807) is 0 Å². The van der Waals surface area contributed by atoms with Crippen LogP contribution in [0.3, 0.4) is 0 Å². The van der Waals surface area contributed by atoms with Crippen molar-refractivity contribution in [3.05, 3.63) is 33.6 Å². The molecule has 1 N–H and O–H groups in total. The topological polar surface area (TPSA) is 57.6 Å². The fourth-order valence-corrected chi connectivity index (χ4v) is 3.22. The number of rotatable bonds is 3. The van der Waals surface area contributed by atoms with E-state index in [-0.39, 0.29) is 28.1 Å². The molecule has 0 saturated carbocycles. The van der Waals surface area contributed by atoms with Gasteiger partial charge in [-0.05, 0) is 24.5 Å². The van der Waals surface area contributed by atoms with Crippen LogP contribution < -0.4 is 0 Å². The van der Waals surface area contributed by atoms with Gasteiger partial charge in [0.1, 0.15) is 5.82 Å². The summed E-state index contributed by atoms with van der Waals surface area (Å²) in [6, 6.07) is 2.16. The van der Waals surface area contributed by atoms with Crippen molar-refractivity contribution in [1.82, 2.24) is 4.90 Å². The summed E-state index contributed by atoms with van der Waals surface area (Å²) in [4.78, 5) is 25.5. The molecule has 1 aliphatic heterocycles. The van der Waals surface area contributed by atoms with Crippen molar-refractivity contribution in [3.63, 3.8) is 0 Å². The summed E-state index contributed by atoms with van der Waals surface area (Å²) >= 11 is 11.6. The van der Waals surface area contributed by atoms with E-state index in [0.717, 1.165) is 6.07 Å². The predicted octanol–water partition coefficient (Wildman–Crippen LogP) is 3.71. The van der Waals surface area contributed by atoms with E-state index in [2.05, 4.69) is 0 Å². The van der Waals surface area contributed by atoms with Crippen molar-refractivity contribution >= 4 is 35.1 Å². The number of carboxylic acids is 1. The molecule has 1 heterocycles. The minimum absolute atomic E-state index is 0.00601. The van der Waals surface area contributed by atoms with Crippen molar-refractivity contribution in [1.29, 1.82) is 0 Å². The molecule has 0 radical (unpaired) electrons. The molecule has 0 aromatic heterocycles. The van der Waals surface area contributed by atoms with Gasteiger partial charge in [0.05, 0.1) is 21.0 Å². The lowest BCUT2D eigenvalue weighted by atomic mass is 9.76. The number of carboxylic acid groups (broad SMARTS) is 1. The average molecular weight is 348 g/mol. The molecule has 1 unspecified atom stereocenters. The molecule has 4 nitrogen and oxygen atoms in total. The molecular formula is C15H16Cl2FNO3. The van der Waals surface area contributed by atoms with Gasteiger partial charge in [-0.25, -0.2) is 4.39 Å². The Bertz CT molecular complexity index is 635.